The van der Waals surface area contributed by atoms with Gasteiger partial charge in [0.25, 0.3) is 0 Å². The van der Waals surface area contributed by atoms with Gasteiger partial charge in [0.05, 0.1) is 0 Å². The first-order valence-electron chi connectivity index (χ1n) is 5.47. The van der Waals surface area contributed by atoms with E-state index in [1.165, 1.54) is 31.4 Å². The van der Waals surface area contributed by atoms with Crippen molar-refractivity contribution in [1.29, 1.82) is 0 Å². The van der Waals surface area contributed by atoms with Crippen LogP contribution in [-0.4, -0.2) is 20.6 Å². The highest BCUT2D eigenvalue weighted by Gasteiger charge is 2.33. The van der Waals surface area contributed by atoms with Crippen LogP contribution in [0.1, 0.15) is 31.4 Å². The van der Waals surface area contributed by atoms with Gasteiger partial charge in [-0.2, -0.15) is 11.8 Å². The highest BCUT2D eigenvalue weighted by atomic mass is 32.2. The number of H-pyrrole nitrogens is 1. The fraction of sp³-hybridized carbons (Fsp3) is 0.727. The van der Waals surface area contributed by atoms with Crippen LogP contribution in [0.3, 0.4) is 0 Å². The Morgan fingerprint density at radius 2 is 2.20 bits per heavy atom. The van der Waals surface area contributed by atoms with E-state index in [0.29, 0.717) is 4.75 Å². The van der Waals surface area contributed by atoms with Crippen LogP contribution < -0.4 is 0 Å². The van der Waals surface area contributed by atoms with E-state index >= 15 is 0 Å². The van der Waals surface area contributed by atoms with Crippen molar-refractivity contribution in [2.24, 2.45) is 0 Å². The van der Waals surface area contributed by atoms with Crippen molar-refractivity contribution in [1.82, 2.24) is 9.55 Å². The molecule has 15 heavy (non-hydrogen) atoms. The molecule has 0 atom stereocenters. The Labute approximate surface area is 100 Å². The number of imidazole rings is 1. The SMILES string of the molecule is CSC1(Cn2c(C)c[nH]c2=S)CCCC1. The third kappa shape index (κ3) is 2.16. The predicted molar refractivity (Wildman–Crippen MR) is 69.1 cm³/mol. The van der Waals surface area contributed by atoms with Crippen molar-refractivity contribution < 1.29 is 0 Å². The molecule has 1 aliphatic rings. The Morgan fingerprint density at radius 3 is 2.67 bits per heavy atom. The maximum absolute atomic E-state index is 5.30. The zero-order valence-corrected chi connectivity index (χ0v) is 11.0. The predicted octanol–water partition coefficient (Wildman–Crippen LogP) is 3.53. The molecular weight excluding hydrogens is 224 g/mol. The quantitative estimate of drug-likeness (QED) is 0.819. The molecule has 4 heteroatoms. The van der Waals surface area contributed by atoms with Crippen LogP contribution in [0.4, 0.5) is 0 Å². The Kier molecular flexibility index (Phi) is 3.26. The van der Waals surface area contributed by atoms with Gasteiger partial charge in [-0.05, 0) is 38.2 Å². The molecule has 1 aliphatic carbocycles. The molecule has 84 valence electrons. The lowest BCUT2D eigenvalue weighted by Crippen LogP contribution is -2.27. The zero-order chi connectivity index (χ0) is 10.9. The second-order valence-corrected chi connectivity index (χ2v) is 6.08. The highest BCUT2D eigenvalue weighted by molar-refractivity contribution is 8.00. The third-order valence-electron chi connectivity index (χ3n) is 3.47. The lowest BCUT2D eigenvalue weighted by molar-refractivity contribution is 0.495. The maximum atomic E-state index is 5.30. The molecule has 0 unspecified atom stereocenters. The summed E-state index contributed by atoms with van der Waals surface area (Å²) in [6, 6.07) is 0. The van der Waals surface area contributed by atoms with Crippen LogP contribution in [0.15, 0.2) is 6.20 Å². The molecule has 0 radical (unpaired) electrons. The van der Waals surface area contributed by atoms with Crippen molar-refractivity contribution in [2.75, 3.05) is 6.26 Å². The van der Waals surface area contributed by atoms with Crippen LogP contribution in [0, 0.1) is 11.7 Å². The molecule has 0 saturated heterocycles. The summed E-state index contributed by atoms with van der Waals surface area (Å²) in [6.07, 6.45) is 9.65. The summed E-state index contributed by atoms with van der Waals surface area (Å²) in [5, 5.41) is 0. The van der Waals surface area contributed by atoms with Gasteiger partial charge < -0.3 is 9.55 Å². The summed E-state index contributed by atoms with van der Waals surface area (Å²) in [5.41, 5.74) is 1.25. The molecule has 1 aromatic rings. The Morgan fingerprint density at radius 1 is 1.53 bits per heavy atom. The van der Waals surface area contributed by atoms with Crippen LogP contribution in [0.5, 0.6) is 0 Å². The number of hydrogen-bond donors (Lipinski definition) is 1. The van der Waals surface area contributed by atoms with Crippen LogP contribution in [0.2, 0.25) is 0 Å². The Bertz CT molecular complexity index is 386. The summed E-state index contributed by atoms with van der Waals surface area (Å²) in [6.45, 7) is 3.19. The van der Waals surface area contributed by atoms with Gasteiger partial charge in [-0.1, -0.05) is 12.8 Å². The summed E-state index contributed by atoms with van der Waals surface area (Å²) < 4.78 is 3.55. The fourth-order valence-corrected chi connectivity index (χ4v) is 3.64. The standard InChI is InChI=1S/C11H18N2S2/c1-9-7-12-10(14)13(9)8-11(15-2)5-3-4-6-11/h7H,3-6,8H2,1-2H3,(H,12,14). The van der Waals surface area contributed by atoms with E-state index in [1.807, 2.05) is 18.0 Å². The van der Waals surface area contributed by atoms with Crippen molar-refractivity contribution in [3.63, 3.8) is 0 Å². The second kappa shape index (κ2) is 4.34. The number of rotatable bonds is 3. The first-order chi connectivity index (χ1) is 7.17. The molecule has 2 rings (SSSR count). The van der Waals surface area contributed by atoms with Gasteiger partial charge in [-0.25, -0.2) is 0 Å². The fourth-order valence-electron chi connectivity index (χ4n) is 2.41. The number of aryl methyl sites for hydroxylation is 1. The van der Waals surface area contributed by atoms with E-state index in [4.69, 9.17) is 12.2 Å². The molecule has 1 saturated carbocycles. The zero-order valence-electron chi connectivity index (χ0n) is 9.38. The van der Waals surface area contributed by atoms with E-state index in [2.05, 4.69) is 22.7 Å². The number of aromatic nitrogens is 2. The molecule has 2 nitrogen and oxygen atoms in total. The molecule has 0 aliphatic heterocycles. The summed E-state index contributed by atoms with van der Waals surface area (Å²) in [4.78, 5) is 3.12. The molecule has 0 amide bonds. The maximum Gasteiger partial charge on any atom is 0.177 e. The van der Waals surface area contributed by atoms with E-state index < -0.39 is 0 Å². The lowest BCUT2D eigenvalue weighted by atomic mass is 10.1. The molecule has 0 aromatic carbocycles. The molecule has 0 spiro atoms. The van der Waals surface area contributed by atoms with E-state index in [-0.39, 0.29) is 0 Å². The van der Waals surface area contributed by atoms with Crippen molar-refractivity contribution in [3.8, 4) is 0 Å². The highest BCUT2D eigenvalue weighted by Crippen LogP contribution is 2.41. The third-order valence-corrected chi connectivity index (χ3v) is 5.21. The summed E-state index contributed by atoms with van der Waals surface area (Å²) >= 11 is 7.32. The van der Waals surface area contributed by atoms with Gasteiger partial charge in [0, 0.05) is 23.2 Å². The number of aromatic amines is 1. The molecule has 0 bridgehead atoms. The first-order valence-corrected chi connectivity index (χ1v) is 7.10. The number of nitrogens with zero attached hydrogens (tertiary/aromatic N) is 1. The average Bonchev–Trinajstić information content (AvgIpc) is 2.81. The minimum Gasteiger partial charge on any atom is -0.337 e. The lowest BCUT2D eigenvalue weighted by Gasteiger charge is -2.27. The minimum absolute atomic E-state index is 0.436. The molecule has 1 N–H and O–H groups in total. The van der Waals surface area contributed by atoms with Gasteiger partial charge in [0.15, 0.2) is 4.77 Å². The molecule has 1 heterocycles. The molecule has 1 aromatic heterocycles. The topological polar surface area (TPSA) is 20.7 Å². The Balaban J connectivity index is 2.23. The average molecular weight is 242 g/mol. The van der Waals surface area contributed by atoms with Gasteiger partial charge in [0.2, 0.25) is 0 Å². The normalized spacial score (nSPS) is 19.6. The summed E-state index contributed by atoms with van der Waals surface area (Å²) in [5.74, 6) is 0. The molecule has 1 fully saturated rings. The van der Waals surface area contributed by atoms with Crippen LogP contribution >= 0.6 is 24.0 Å². The van der Waals surface area contributed by atoms with Gasteiger partial charge >= 0.3 is 0 Å². The smallest absolute Gasteiger partial charge is 0.177 e. The van der Waals surface area contributed by atoms with Crippen LogP contribution in [0.25, 0.3) is 0 Å². The van der Waals surface area contributed by atoms with Gasteiger partial charge in [-0.15, -0.1) is 0 Å². The van der Waals surface area contributed by atoms with Crippen molar-refractivity contribution >= 4 is 24.0 Å². The number of thioether (sulfide) groups is 1. The number of hydrogen-bond acceptors (Lipinski definition) is 2. The van der Waals surface area contributed by atoms with Gasteiger partial charge in [0.1, 0.15) is 0 Å². The Hall–Kier alpha value is -0.220. The second-order valence-electron chi connectivity index (χ2n) is 4.42. The minimum atomic E-state index is 0.436. The largest absolute Gasteiger partial charge is 0.337 e. The summed E-state index contributed by atoms with van der Waals surface area (Å²) in [7, 11) is 0. The van der Waals surface area contributed by atoms with E-state index in [9.17, 15) is 0 Å². The van der Waals surface area contributed by atoms with E-state index in [0.717, 1.165) is 11.3 Å². The van der Waals surface area contributed by atoms with Gasteiger partial charge in [-0.3, -0.25) is 0 Å². The van der Waals surface area contributed by atoms with E-state index in [1.54, 1.807) is 0 Å². The molecular formula is C11H18N2S2. The van der Waals surface area contributed by atoms with Crippen LogP contribution in [-0.2, 0) is 6.54 Å². The monoisotopic (exact) mass is 242 g/mol. The van der Waals surface area contributed by atoms with Crippen molar-refractivity contribution in [3.05, 3.63) is 16.7 Å². The number of nitrogens with one attached hydrogen (secondary N) is 1. The van der Waals surface area contributed by atoms with Crippen molar-refractivity contribution in [2.45, 2.75) is 43.9 Å². The first kappa shape index (κ1) is 11.3.